The van der Waals surface area contributed by atoms with Crippen molar-refractivity contribution >= 4 is 140 Å². The molecule has 6 heterocycles. The number of carbonyl (C=O) groups excluding carboxylic acids is 17. The van der Waals surface area contributed by atoms with Gasteiger partial charge < -0.3 is 125 Å². The number of carbonyl (C=O) groups is 18. The largest absolute Gasteiger partial charge is 0.508 e. The summed E-state index contributed by atoms with van der Waals surface area (Å²) >= 11 is 0.787. The number of primary amides is 2. The van der Waals surface area contributed by atoms with Crippen molar-refractivity contribution in [1.29, 1.82) is 0 Å². The topological polar surface area (TPSA) is 643 Å². The number of rotatable bonds is 26. The van der Waals surface area contributed by atoms with Crippen molar-refractivity contribution in [3.05, 3.63) is 120 Å². The number of hydrogen-bond acceptors (Lipinski definition) is 23. The highest BCUT2D eigenvalue weighted by atomic mass is 32.2. The molecule has 43 nitrogen and oxygen atoms in total. The predicted molar refractivity (Wildman–Crippen MR) is 499 cm³/mol. The molecule has 0 spiro atoms. The van der Waals surface area contributed by atoms with E-state index in [4.69, 9.17) is 17.2 Å². The minimum absolute atomic E-state index is 0.0202. The molecule has 136 heavy (non-hydrogen) atoms. The summed E-state index contributed by atoms with van der Waals surface area (Å²) < 4.78 is 0. The van der Waals surface area contributed by atoms with Crippen LogP contribution in [0.15, 0.2) is 97.7 Å². The third-order valence-corrected chi connectivity index (χ3v) is 25.7. The number of phenolic OH excluding ortho intramolecular Hbond substituents is 1. The molecule has 9 rings (SSSR count). The van der Waals surface area contributed by atoms with E-state index >= 15 is 38.4 Å². The first-order valence-electron chi connectivity index (χ1n) is 45.7. The number of aliphatic hydroxyl groups is 1. The number of nitrogens with one attached hydrogen (secondary N) is 13. The van der Waals surface area contributed by atoms with Gasteiger partial charge in [0.05, 0.1) is 36.8 Å². The van der Waals surface area contributed by atoms with Crippen LogP contribution in [0.4, 0.5) is 0 Å². The number of hydrogen-bond donors (Lipinski definition) is 19. The summed E-state index contributed by atoms with van der Waals surface area (Å²) in [5.41, 5.74) is 20.3. The van der Waals surface area contributed by atoms with Gasteiger partial charge in [0.25, 0.3) is 0 Å². The van der Waals surface area contributed by atoms with Gasteiger partial charge in [-0.15, -0.1) is 11.8 Å². The lowest BCUT2D eigenvalue weighted by molar-refractivity contribution is -0.149. The molecule has 17 amide bonds. The smallest absolute Gasteiger partial charge is 0.303 e. The van der Waals surface area contributed by atoms with E-state index in [0.29, 0.717) is 64.2 Å². The predicted octanol–water partition coefficient (Wildman–Crippen LogP) is -1.41. The molecule has 6 aromatic rings. The maximum atomic E-state index is 15.9. The average molecular weight is 1910 g/mol. The summed E-state index contributed by atoms with van der Waals surface area (Å²) in [6.45, 7) is 8.40. The fourth-order valence-corrected chi connectivity index (χ4v) is 17.9. The van der Waals surface area contributed by atoms with Crippen molar-refractivity contribution in [2.75, 3.05) is 58.8 Å². The number of aromatic nitrogens is 4. The van der Waals surface area contributed by atoms with Gasteiger partial charge in [0.1, 0.15) is 90.3 Å². The van der Waals surface area contributed by atoms with Gasteiger partial charge >= 0.3 is 5.97 Å². The van der Waals surface area contributed by atoms with Gasteiger partial charge in [-0.2, -0.15) is 0 Å². The molecule has 3 saturated heterocycles. The Kier molecular flexibility index (Phi) is 39.2. The highest BCUT2D eigenvalue weighted by molar-refractivity contribution is 8.00. The summed E-state index contributed by atoms with van der Waals surface area (Å²) in [6.07, 6.45) is 2.27. The SMILES string of the molecule is CCCC[C@H]1C(=O)N(C)[C@@H](CCCC)C(=O)N[C@@H](CC(C)C)C(=O)N[C@H](C(=O)NCC(N)=O)CSCC(=O)N[C@@H](Cc2ccc(O)cc2)C(=O)N(C)[C@@H](C)C(=O)N[C@@H](CC(N)=O)C(=O)N2CCC[C@H]2C(=O)N[C@@H](Cc2c[nH]cn2)C(=O)N[C@@H](CCC(=O)O)C(=O)N2C[C@H](O)C[C@H]2C(=O)N[C@@H]([C@@H](C)c2c[nH]c3ccccc23)C(=O)N[C@@H](CCN)C(=O)N[C@@H](Cc2c[nH]c3ccccc23)C(=O)N1C. The summed E-state index contributed by atoms with van der Waals surface area (Å²) in [7, 11) is 3.97. The number of amides is 17. The molecule has 16 atom stereocenters. The zero-order valence-electron chi connectivity index (χ0n) is 77.8. The molecule has 3 aliphatic rings. The van der Waals surface area contributed by atoms with Gasteiger partial charge in [-0.1, -0.05) is 109 Å². The van der Waals surface area contributed by atoms with Crippen molar-refractivity contribution in [2.45, 2.75) is 247 Å². The Hall–Kier alpha value is -13.5. The van der Waals surface area contributed by atoms with Gasteiger partial charge in [0.15, 0.2) is 0 Å². The van der Waals surface area contributed by atoms with Crippen LogP contribution < -0.4 is 70.4 Å². The van der Waals surface area contributed by atoms with Gasteiger partial charge in [-0.05, 0) is 105 Å². The van der Waals surface area contributed by atoms with Crippen LogP contribution in [-0.4, -0.2) is 316 Å². The molecule has 22 N–H and O–H groups in total. The van der Waals surface area contributed by atoms with Crippen LogP contribution in [0.2, 0.25) is 0 Å². The zero-order chi connectivity index (χ0) is 99.5. The molecule has 44 heteroatoms. The third kappa shape index (κ3) is 28.8. The van der Waals surface area contributed by atoms with Crippen LogP contribution in [0.5, 0.6) is 5.75 Å². The lowest BCUT2D eigenvalue weighted by atomic mass is 9.91. The van der Waals surface area contributed by atoms with Crippen LogP contribution in [-0.2, 0) is 106 Å². The molecule has 738 valence electrons. The minimum atomic E-state index is -1.84. The van der Waals surface area contributed by atoms with E-state index in [-0.39, 0.29) is 81.8 Å². The number of unbranched alkanes of at least 4 members (excludes halogenated alkanes) is 2. The van der Waals surface area contributed by atoms with Crippen LogP contribution in [0.3, 0.4) is 0 Å². The van der Waals surface area contributed by atoms with E-state index in [1.807, 2.05) is 13.8 Å². The number of aliphatic carboxylic acids is 1. The Bertz CT molecular complexity index is 5260. The number of aromatic amines is 3. The molecular formula is C92H128N22O21S. The number of thioether (sulfide) groups is 1. The maximum Gasteiger partial charge on any atom is 0.303 e. The summed E-state index contributed by atoms with van der Waals surface area (Å²) in [4.78, 5) is 282. The number of nitrogens with zero attached hydrogens (tertiary/aromatic N) is 6. The Morgan fingerprint density at radius 3 is 1.79 bits per heavy atom. The van der Waals surface area contributed by atoms with E-state index < -0.39 is 260 Å². The highest BCUT2D eigenvalue weighted by Crippen LogP contribution is 2.31. The fourth-order valence-electron chi connectivity index (χ4n) is 17.1. The van der Waals surface area contributed by atoms with Crippen molar-refractivity contribution < 1.29 is 102 Å². The van der Waals surface area contributed by atoms with Crippen molar-refractivity contribution in [1.82, 2.24) is 97.6 Å². The molecule has 0 unspecified atom stereocenters. The number of benzene rings is 3. The lowest BCUT2D eigenvalue weighted by Gasteiger charge is -2.36. The second-order valence-electron chi connectivity index (χ2n) is 35.2. The maximum absolute atomic E-state index is 15.9. The number of aromatic hydroxyl groups is 1. The second-order valence-corrected chi connectivity index (χ2v) is 36.3. The van der Waals surface area contributed by atoms with E-state index in [0.717, 1.165) is 26.5 Å². The average Bonchev–Trinajstić information content (AvgIpc) is 1.65. The molecule has 0 bridgehead atoms. The van der Waals surface area contributed by atoms with Gasteiger partial charge in [0, 0.05) is 118 Å². The summed E-state index contributed by atoms with van der Waals surface area (Å²) in [5.74, 6) is -20.1. The number of phenols is 1. The molecule has 0 radical (unpaired) electrons. The molecule has 3 aromatic heterocycles. The number of aliphatic hydroxyl groups excluding tert-OH is 1. The molecule has 3 aliphatic heterocycles. The van der Waals surface area contributed by atoms with Crippen LogP contribution in [0, 0.1) is 5.92 Å². The number of imidazole rings is 1. The van der Waals surface area contributed by atoms with Gasteiger partial charge in [-0.25, -0.2) is 4.98 Å². The normalized spacial score (nSPS) is 24.9. The number of H-pyrrole nitrogens is 3. The number of fused-ring (bicyclic) bond motifs is 4. The number of carboxylic acid groups (broad SMARTS) is 1. The first-order chi connectivity index (χ1) is 64.7. The fraction of sp³-hybridized carbons (Fsp3) is 0.533. The highest BCUT2D eigenvalue weighted by Gasteiger charge is 2.47. The van der Waals surface area contributed by atoms with Crippen LogP contribution in [0.1, 0.15) is 160 Å². The van der Waals surface area contributed by atoms with E-state index in [9.17, 15) is 63.3 Å². The second kappa shape index (κ2) is 50.2. The minimum Gasteiger partial charge on any atom is -0.508 e. The Morgan fingerprint density at radius 1 is 0.566 bits per heavy atom. The van der Waals surface area contributed by atoms with Gasteiger partial charge in [-0.3, -0.25) is 86.3 Å². The van der Waals surface area contributed by atoms with Crippen molar-refractivity contribution in [2.24, 2.45) is 23.1 Å². The van der Waals surface area contributed by atoms with Crippen LogP contribution >= 0.6 is 11.8 Å². The summed E-state index contributed by atoms with van der Waals surface area (Å²) in [5, 5.41) is 59.8. The van der Waals surface area contributed by atoms with Crippen LogP contribution in [0.25, 0.3) is 21.8 Å². The molecule has 3 aromatic carbocycles. The Labute approximate surface area is 790 Å². The zero-order valence-corrected chi connectivity index (χ0v) is 78.6. The first-order valence-corrected chi connectivity index (χ1v) is 46.9. The third-order valence-electron chi connectivity index (χ3n) is 24.7. The number of para-hydroxylation sites is 2. The van der Waals surface area contributed by atoms with E-state index in [2.05, 4.69) is 73.1 Å². The molecule has 0 aliphatic carbocycles. The molecular weight excluding hydrogens is 1780 g/mol. The first kappa shape index (κ1) is 106. The standard InChI is InChI=1S/C92H128N22O21S/c1-10-12-23-70-84(127)104-64(35-49(3)4)82(125)108-69(80(123)99-44-75(95)118)46-136-47-76(119)101-66(36-52-26-28-55(115)29-27-52)88(131)110(7)51(6)79(122)106-68(40-74(94)117)91(134)113-34-18-25-71(113)85(128)105-65(38-54-42-96-48-100-54)83(126)103-63(30-31-77(120)121)90(133)114-45-56(116)39-73(114)86(129)109-78(50(5)59-43-98-61-22-17-15-20-58(59)61)87(130)102-62(32-33-93)81(124)107-67(37-53-41-97-60-21-16-14-19-57(53)60)89(132)112(9)72(24-13-11-2)92(135)111(70)8/h14-17,19-22,26-29,41-43,48-51,56,62-73,78,97-98,115-116H,10-13,18,23-25,30-40,44-47,93H2,1-9H3,(H2,94,117)(H2,95,118)(H,96,100)(H,99,123)(H,101,119)(H,102,130)(H,103,126)(H,104,127)(H,105,128)(H,106,122)(H,107,124)(H,108,125)(H,109,129)(H,120,121)/t50-,51-,56+,62-,63-,64-,65-,66-,67-,68-,69-,70-,71-,72-,73-,78-/m0/s1. The van der Waals surface area contributed by atoms with E-state index in [1.165, 1.54) is 74.7 Å². The number of likely N-dealkylation sites (N-methyl/N-ethyl adjacent to an activating group) is 3. The quantitative estimate of drug-likeness (QED) is 0.0297. The van der Waals surface area contributed by atoms with Crippen molar-refractivity contribution in [3.8, 4) is 5.75 Å². The number of nitrogens with two attached hydrogens (primary N) is 3. The van der Waals surface area contributed by atoms with E-state index in [1.54, 1.807) is 81.7 Å². The lowest BCUT2D eigenvalue weighted by Crippen LogP contribution is -2.61. The molecule has 3 fully saturated rings. The van der Waals surface area contributed by atoms with Gasteiger partial charge in [0.2, 0.25) is 100 Å². The summed E-state index contributed by atoms with van der Waals surface area (Å²) in [6, 6.07) is -2.31. The van der Waals surface area contributed by atoms with Crippen molar-refractivity contribution in [3.63, 3.8) is 0 Å². The Balaban J connectivity index is 1.11. The Morgan fingerprint density at radius 2 is 1.15 bits per heavy atom. The molecule has 0 saturated carbocycles. The number of carboxylic acids is 1. The monoisotopic (exact) mass is 1910 g/mol.